The first-order chi connectivity index (χ1) is 11.0. The van der Waals surface area contributed by atoms with Crippen LogP contribution in [0.2, 0.25) is 0 Å². The summed E-state index contributed by atoms with van der Waals surface area (Å²) in [7, 11) is 0. The summed E-state index contributed by atoms with van der Waals surface area (Å²) < 4.78 is 1.47. The lowest BCUT2D eigenvalue weighted by atomic mass is 10.2. The zero-order valence-corrected chi connectivity index (χ0v) is 12.7. The Hall–Kier alpha value is -3.02. The fourth-order valence-electron chi connectivity index (χ4n) is 2.62. The molecule has 0 saturated heterocycles. The minimum Gasteiger partial charge on any atom is -0.508 e. The molecule has 0 atom stereocenters. The second-order valence-corrected chi connectivity index (χ2v) is 5.39. The number of H-pyrrole nitrogens is 1. The molecule has 2 heterocycles. The van der Waals surface area contributed by atoms with Gasteiger partial charge in [0.1, 0.15) is 5.75 Å². The summed E-state index contributed by atoms with van der Waals surface area (Å²) in [6.07, 6.45) is 1.99. The maximum absolute atomic E-state index is 12.2. The summed E-state index contributed by atoms with van der Waals surface area (Å²) in [5.41, 5.74) is 2.00. The second kappa shape index (κ2) is 6.00. The molecule has 3 aromatic rings. The van der Waals surface area contributed by atoms with Gasteiger partial charge < -0.3 is 20.0 Å². The second-order valence-electron chi connectivity index (χ2n) is 5.39. The fourth-order valence-corrected chi connectivity index (χ4v) is 2.62. The Labute approximate surface area is 132 Å². The molecule has 0 aliphatic carbocycles. The molecule has 6 nitrogen and oxygen atoms in total. The van der Waals surface area contributed by atoms with Gasteiger partial charge in [0.25, 0.3) is 5.56 Å². The monoisotopic (exact) mass is 311 g/mol. The number of aromatic amines is 1. The third kappa shape index (κ3) is 3.11. The van der Waals surface area contributed by atoms with Gasteiger partial charge in [-0.3, -0.25) is 9.59 Å². The largest absolute Gasteiger partial charge is 0.508 e. The molecule has 1 aromatic carbocycles. The Kier molecular flexibility index (Phi) is 3.89. The summed E-state index contributed by atoms with van der Waals surface area (Å²) >= 11 is 0. The van der Waals surface area contributed by atoms with Gasteiger partial charge in [-0.05, 0) is 31.2 Å². The molecule has 0 unspecified atom stereocenters. The summed E-state index contributed by atoms with van der Waals surface area (Å²) in [6.45, 7) is 1.99. The van der Waals surface area contributed by atoms with Crippen LogP contribution in [-0.4, -0.2) is 20.6 Å². The van der Waals surface area contributed by atoms with Crippen LogP contribution in [0.25, 0.3) is 10.9 Å². The summed E-state index contributed by atoms with van der Waals surface area (Å²) in [5, 5.41) is 13.2. The van der Waals surface area contributed by atoms with Crippen LogP contribution in [0.3, 0.4) is 0 Å². The van der Waals surface area contributed by atoms with E-state index in [4.69, 9.17) is 0 Å². The van der Waals surface area contributed by atoms with Gasteiger partial charge in [0.2, 0.25) is 5.91 Å². The first-order valence-corrected chi connectivity index (χ1v) is 7.31. The van der Waals surface area contributed by atoms with Crippen LogP contribution in [0.1, 0.15) is 12.1 Å². The maximum atomic E-state index is 12.2. The number of anilines is 1. The van der Waals surface area contributed by atoms with Crippen LogP contribution in [0, 0.1) is 6.92 Å². The van der Waals surface area contributed by atoms with E-state index >= 15 is 0 Å². The number of pyridine rings is 1. The van der Waals surface area contributed by atoms with Gasteiger partial charge in [-0.2, -0.15) is 0 Å². The van der Waals surface area contributed by atoms with E-state index in [1.54, 1.807) is 6.92 Å². The van der Waals surface area contributed by atoms with Crippen LogP contribution >= 0.6 is 0 Å². The Balaban J connectivity index is 1.71. The van der Waals surface area contributed by atoms with Crippen molar-refractivity contribution >= 4 is 22.5 Å². The topological polar surface area (TPSA) is 87.1 Å². The minimum atomic E-state index is -0.317. The quantitative estimate of drug-likeness (QED) is 0.691. The number of benzene rings is 1. The Bertz CT molecular complexity index is 924. The van der Waals surface area contributed by atoms with E-state index in [-0.39, 0.29) is 30.2 Å². The lowest BCUT2D eigenvalue weighted by Crippen LogP contribution is -2.24. The normalized spacial score (nSPS) is 10.8. The molecule has 0 aliphatic heterocycles. The molecule has 6 heteroatoms. The van der Waals surface area contributed by atoms with Crippen LogP contribution in [0.4, 0.5) is 5.69 Å². The lowest BCUT2D eigenvalue weighted by molar-refractivity contribution is -0.116. The number of fused-ring (bicyclic) bond motifs is 1. The molecular weight excluding hydrogens is 294 g/mol. The molecule has 0 bridgehead atoms. The molecule has 0 saturated carbocycles. The van der Waals surface area contributed by atoms with Crippen molar-refractivity contribution in [1.82, 2.24) is 9.55 Å². The van der Waals surface area contributed by atoms with Gasteiger partial charge in [-0.15, -0.1) is 0 Å². The minimum absolute atomic E-state index is 0.0627. The van der Waals surface area contributed by atoms with Crippen molar-refractivity contribution in [2.24, 2.45) is 0 Å². The third-order valence-electron chi connectivity index (χ3n) is 3.75. The highest BCUT2D eigenvalue weighted by Gasteiger charge is 2.09. The zero-order valence-electron chi connectivity index (χ0n) is 12.7. The number of rotatable bonds is 4. The van der Waals surface area contributed by atoms with Crippen molar-refractivity contribution < 1.29 is 9.90 Å². The van der Waals surface area contributed by atoms with Crippen molar-refractivity contribution in [3.63, 3.8) is 0 Å². The number of hydrogen-bond donors (Lipinski definition) is 3. The molecule has 0 spiro atoms. The van der Waals surface area contributed by atoms with Gasteiger partial charge in [0, 0.05) is 41.8 Å². The fraction of sp³-hybridized carbons (Fsp3) is 0.176. The Morgan fingerprint density at radius 1 is 1.30 bits per heavy atom. The van der Waals surface area contributed by atoms with E-state index in [2.05, 4.69) is 10.3 Å². The number of amides is 1. The Morgan fingerprint density at radius 3 is 2.91 bits per heavy atom. The maximum Gasteiger partial charge on any atom is 0.254 e. The molecule has 23 heavy (non-hydrogen) atoms. The van der Waals surface area contributed by atoms with E-state index in [1.807, 2.05) is 30.5 Å². The van der Waals surface area contributed by atoms with E-state index in [1.165, 1.54) is 10.6 Å². The van der Waals surface area contributed by atoms with Gasteiger partial charge in [0.15, 0.2) is 0 Å². The van der Waals surface area contributed by atoms with Crippen LogP contribution < -0.4 is 10.9 Å². The van der Waals surface area contributed by atoms with Crippen molar-refractivity contribution in [2.75, 3.05) is 5.32 Å². The van der Waals surface area contributed by atoms with Gasteiger partial charge in [-0.25, -0.2) is 0 Å². The number of aromatic nitrogens is 2. The smallest absolute Gasteiger partial charge is 0.254 e. The molecule has 0 aliphatic rings. The lowest BCUT2D eigenvalue weighted by Gasteiger charge is -2.11. The Morgan fingerprint density at radius 2 is 2.13 bits per heavy atom. The average Bonchev–Trinajstić information content (AvgIpc) is 2.95. The number of carbonyl (C=O) groups is 1. The molecular formula is C17H17N3O3. The van der Waals surface area contributed by atoms with E-state index in [9.17, 15) is 14.7 Å². The zero-order chi connectivity index (χ0) is 16.4. The molecule has 1 amide bonds. The number of nitrogens with zero attached hydrogens (tertiary/aromatic N) is 1. The highest BCUT2D eigenvalue weighted by Crippen LogP contribution is 2.22. The predicted octanol–water partition coefficient (Wildman–Crippen LogP) is 2.37. The molecule has 0 radical (unpaired) electrons. The highest BCUT2D eigenvalue weighted by molar-refractivity contribution is 6.01. The van der Waals surface area contributed by atoms with Crippen LogP contribution in [0.15, 0.2) is 47.4 Å². The van der Waals surface area contributed by atoms with Crippen LogP contribution in [-0.2, 0) is 11.3 Å². The number of aryl methyl sites for hydroxylation is 1. The highest BCUT2D eigenvalue weighted by atomic mass is 16.3. The first-order valence-electron chi connectivity index (χ1n) is 7.31. The van der Waals surface area contributed by atoms with E-state index in [0.717, 1.165) is 22.7 Å². The molecule has 3 rings (SSSR count). The van der Waals surface area contributed by atoms with Gasteiger partial charge >= 0.3 is 0 Å². The van der Waals surface area contributed by atoms with E-state index < -0.39 is 0 Å². The van der Waals surface area contributed by atoms with Crippen LogP contribution in [0.5, 0.6) is 5.75 Å². The predicted molar refractivity (Wildman–Crippen MR) is 88.6 cm³/mol. The van der Waals surface area contributed by atoms with Crippen molar-refractivity contribution in [1.29, 1.82) is 0 Å². The van der Waals surface area contributed by atoms with Gasteiger partial charge in [0.05, 0.1) is 5.69 Å². The van der Waals surface area contributed by atoms with Crippen molar-refractivity contribution in [2.45, 2.75) is 19.9 Å². The number of hydrogen-bond acceptors (Lipinski definition) is 3. The molecule has 0 fully saturated rings. The van der Waals surface area contributed by atoms with E-state index in [0.29, 0.717) is 5.69 Å². The average molecular weight is 311 g/mol. The number of nitrogens with one attached hydrogen (secondary N) is 2. The number of aromatic hydroxyl groups is 1. The summed E-state index contributed by atoms with van der Waals surface area (Å²) in [5.74, 6) is -0.231. The van der Waals surface area contributed by atoms with Gasteiger partial charge in [-0.1, -0.05) is 6.07 Å². The molecule has 2 aromatic heterocycles. The molecule has 3 N–H and O–H groups in total. The first kappa shape index (κ1) is 14.9. The summed E-state index contributed by atoms with van der Waals surface area (Å²) in [4.78, 5) is 27.1. The van der Waals surface area contributed by atoms with Crippen molar-refractivity contribution in [3.8, 4) is 5.75 Å². The summed E-state index contributed by atoms with van der Waals surface area (Å²) in [6, 6.07) is 10.2. The standard InChI is InChI=1S/C17H17N3O3/c1-11-9-12(21)10-17(23)20(11)8-6-16(22)19-15-4-2-3-14-13(15)5-7-18-14/h2-5,7,9-10,18,21H,6,8H2,1H3,(H,19,22). The molecule has 118 valence electrons. The number of carbonyl (C=O) groups excluding carboxylic acids is 1. The van der Waals surface area contributed by atoms with Crippen molar-refractivity contribution in [3.05, 3.63) is 58.6 Å². The third-order valence-corrected chi connectivity index (χ3v) is 3.75. The SMILES string of the molecule is Cc1cc(O)cc(=O)n1CCC(=O)Nc1cccc2[nH]ccc12.